The third-order valence-electron chi connectivity index (χ3n) is 5.34. The number of carbonyl (C=O) groups excluding carboxylic acids is 2. The molecule has 3 atom stereocenters. The molecule has 1 saturated heterocycles. The fourth-order valence-corrected chi connectivity index (χ4v) is 4.10. The van der Waals surface area contributed by atoms with E-state index in [0.717, 1.165) is 30.3 Å². The Morgan fingerprint density at radius 1 is 1.04 bits per heavy atom. The minimum absolute atomic E-state index is 0.0460. The van der Waals surface area contributed by atoms with Gasteiger partial charge in [-0.25, -0.2) is 0 Å². The first-order chi connectivity index (χ1) is 13.6. The normalized spacial score (nSPS) is 25.0. The molecule has 1 aliphatic heterocycles. The number of amides is 1. The van der Waals surface area contributed by atoms with Crippen LogP contribution in [-0.2, 0) is 14.3 Å². The maximum atomic E-state index is 13.2. The highest BCUT2D eigenvalue weighted by atomic mass is 35.5. The second kappa shape index (κ2) is 8.24. The molecule has 0 aromatic heterocycles. The van der Waals surface area contributed by atoms with Crippen LogP contribution in [-0.4, -0.2) is 29.7 Å². The number of hydrogen-bond donors (Lipinski definition) is 0. The number of nitrogens with zero attached hydrogens (tertiary/aromatic N) is 1. The summed E-state index contributed by atoms with van der Waals surface area (Å²) in [6.45, 7) is 0.669. The van der Waals surface area contributed by atoms with Crippen molar-refractivity contribution >= 4 is 35.4 Å². The van der Waals surface area contributed by atoms with E-state index in [2.05, 4.69) is 0 Å². The van der Waals surface area contributed by atoms with Gasteiger partial charge in [-0.3, -0.25) is 4.79 Å². The highest BCUT2D eigenvalue weighted by Gasteiger charge is 2.45. The van der Waals surface area contributed by atoms with E-state index >= 15 is 0 Å². The van der Waals surface area contributed by atoms with Gasteiger partial charge in [0.25, 0.3) is 5.91 Å². The van der Waals surface area contributed by atoms with Crippen LogP contribution in [0.4, 0.5) is 0 Å². The highest BCUT2D eigenvalue weighted by molar-refractivity contribution is 6.30. The molecule has 4 nitrogen and oxygen atoms in total. The minimum atomic E-state index is -0.774. The Balaban J connectivity index is 1.79. The van der Waals surface area contributed by atoms with E-state index in [1.165, 1.54) is 0 Å². The molecule has 0 bridgehead atoms. The summed E-state index contributed by atoms with van der Waals surface area (Å²) in [6.07, 6.45) is 1.85. The molecule has 1 saturated carbocycles. The Morgan fingerprint density at radius 2 is 1.79 bits per heavy atom. The van der Waals surface area contributed by atoms with Crippen LogP contribution < -0.4 is 0 Å². The van der Waals surface area contributed by atoms with Crippen molar-refractivity contribution in [2.75, 3.05) is 6.54 Å². The van der Waals surface area contributed by atoms with Crippen molar-refractivity contribution in [3.8, 4) is 0 Å². The number of rotatable bonds is 6. The van der Waals surface area contributed by atoms with Crippen LogP contribution in [0, 0.1) is 5.92 Å². The molecular formula is C22H21Cl2NO3. The van der Waals surface area contributed by atoms with E-state index in [1.807, 2.05) is 47.4 Å². The molecule has 4 rings (SSSR count). The van der Waals surface area contributed by atoms with Crippen LogP contribution >= 0.6 is 23.2 Å². The third kappa shape index (κ3) is 4.09. The summed E-state index contributed by atoms with van der Waals surface area (Å²) in [7, 11) is 0. The van der Waals surface area contributed by atoms with Crippen LogP contribution in [0.3, 0.4) is 0 Å². The van der Waals surface area contributed by atoms with Gasteiger partial charge in [0.2, 0.25) is 0 Å². The van der Waals surface area contributed by atoms with Gasteiger partial charge >= 0.3 is 0 Å². The average molecular weight is 418 g/mol. The predicted octanol–water partition coefficient (Wildman–Crippen LogP) is 5.00. The Bertz CT molecular complexity index is 866. The van der Waals surface area contributed by atoms with Crippen molar-refractivity contribution < 1.29 is 14.3 Å². The molecule has 1 amide bonds. The number of hydrogen-bond acceptors (Lipinski definition) is 3. The van der Waals surface area contributed by atoms with E-state index in [-0.39, 0.29) is 18.4 Å². The lowest BCUT2D eigenvalue weighted by Crippen LogP contribution is -2.51. The van der Waals surface area contributed by atoms with Gasteiger partial charge < -0.3 is 14.4 Å². The molecular weight excluding hydrogens is 397 g/mol. The second-order valence-corrected chi connectivity index (χ2v) is 8.31. The molecule has 0 N–H and O–H groups in total. The number of carbonyl (C=O) groups is 2. The van der Waals surface area contributed by atoms with E-state index < -0.39 is 12.2 Å². The summed E-state index contributed by atoms with van der Waals surface area (Å²) in [5.41, 5.74) is 1.84. The fourth-order valence-electron chi connectivity index (χ4n) is 3.78. The maximum absolute atomic E-state index is 13.2. The quantitative estimate of drug-likeness (QED) is 0.621. The molecule has 1 aliphatic carbocycles. The van der Waals surface area contributed by atoms with Gasteiger partial charge in [-0.15, -0.1) is 0 Å². The molecule has 28 heavy (non-hydrogen) atoms. The zero-order valence-electron chi connectivity index (χ0n) is 15.3. The molecule has 146 valence electrons. The van der Waals surface area contributed by atoms with Crippen molar-refractivity contribution in [2.45, 2.75) is 37.5 Å². The fraction of sp³-hybridized carbons (Fsp3) is 0.364. The second-order valence-electron chi connectivity index (χ2n) is 7.43. The van der Waals surface area contributed by atoms with Crippen molar-refractivity contribution in [2.24, 2.45) is 5.92 Å². The van der Waals surface area contributed by atoms with Crippen molar-refractivity contribution in [3.05, 3.63) is 69.7 Å². The van der Waals surface area contributed by atoms with Gasteiger partial charge in [0.05, 0.1) is 6.04 Å². The lowest BCUT2D eigenvalue weighted by atomic mass is 9.91. The lowest BCUT2D eigenvalue weighted by Gasteiger charge is -2.44. The van der Waals surface area contributed by atoms with Crippen LogP contribution in [0.25, 0.3) is 0 Å². The molecule has 1 heterocycles. The SMILES string of the molecule is O=CCC1OC(c2cccc(Cl)c2)C(c2ccc(Cl)cc2)N(CC2CC2)C1=O. The summed E-state index contributed by atoms with van der Waals surface area (Å²) in [5.74, 6) is 0.381. The molecule has 2 aliphatic rings. The zero-order chi connectivity index (χ0) is 19.7. The topological polar surface area (TPSA) is 46.6 Å². The van der Waals surface area contributed by atoms with Gasteiger partial charge in [-0.2, -0.15) is 0 Å². The smallest absolute Gasteiger partial charge is 0.252 e. The zero-order valence-corrected chi connectivity index (χ0v) is 16.8. The Morgan fingerprint density at radius 3 is 2.43 bits per heavy atom. The first-order valence-electron chi connectivity index (χ1n) is 9.47. The van der Waals surface area contributed by atoms with E-state index in [1.54, 1.807) is 6.07 Å². The minimum Gasteiger partial charge on any atom is -0.357 e. The van der Waals surface area contributed by atoms with Crippen molar-refractivity contribution in [3.63, 3.8) is 0 Å². The lowest BCUT2D eigenvalue weighted by molar-refractivity contribution is -0.175. The number of halogens is 2. The number of benzene rings is 2. The number of aldehydes is 1. The molecule has 3 unspecified atom stereocenters. The molecule has 2 fully saturated rings. The molecule has 0 radical (unpaired) electrons. The Hall–Kier alpha value is -1.88. The van der Waals surface area contributed by atoms with Crippen molar-refractivity contribution in [1.82, 2.24) is 4.90 Å². The highest BCUT2D eigenvalue weighted by Crippen LogP contribution is 2.45. The van der Waals surface area contributed by atoms with Gasteiger partial charge in [0.15, 0.2) is 0 Å². The molecule has 6 heteroatoms. The van der Waals surface area contributed by atoms with E-state index in [0.29, 0.717) is 22.5 Å². The Kier molecular flexibility index (Phi) is 5.72. The maximum Gasteiger partial charge on any atom is 0.252 e. The van der Waals surface area contributed by atoms with Gasteiger partial charge in [0, 0.05) is 23.0 Å². The monoisotopic (exact) mass is 417 g/mol. The summed E-state index contributed by atoms with van der Waals surface area (Å²) < 4.78 is 6.20. The van der Waals surface area contributed by atoms with Crippen LogP contribution in [0.15, 0.2) is 48.5 Å². The molecule has 0 spiro atoms. The third-order valence-corrected chi connectivity index (χ3v) is 5.83. The summed E-state index contributed by atoms with van der Waals surface area (Å²) in [4.78, 5) is 26.2. The number of morpholine rings is 1. The average Bonchev–Trinajstić information content (AvgIpc) is 3.50. The Labute approximate surface area is 174 Å². The predicted molar refractivity (Wildman–Crippen MR) is 108 cm³/mol. The largest absolute Gasteiger partial charge is 0.357 e. The van der Waals surface area contributed by atoms with Gasteiger partial charge in [0.1, 0.15) is 18.5 Å². The standard InChI is InChI=1S/C22H21Cl2NO3/c23-17-8-6-15(7-9-17)20-21(16-2-1-3-18(24)12-16)28-19(10-11-26)22(27)25(20)13-14-4-5-14/h1-3,6-9,11-12,14,19-21H,4-5,10,13H2. The van der Waals surface area contributed by atoms with Crippen LogP contribution in [0.5, 0.6) is 0 Å². The van der Waals surface area contributed by atoms with E-state index in [4.69, 9.17) is 27.9 Å². The first-order valence-corrected chi connectivity index (χ1v) is 10.2. The molecule has 2 aromatic rings. The number of ether oxygens (including phenoxy) is 1. The van der Waals surface area contributed by atoms with Gasteiger partial charge in [-0.05, 0) is 54.2 Å². The summed E-state index contributed by atoms with van der Waals surface area (Å²) in [5, 5.41) is 1.24. The van der Waals surface area contributed by atoms with E-state index in [9.17, 15) is 9.59 Å². The van der Waals surface area contributed by atoms with Crippen LogP contribution in [0.1, 0.15) is 42.5 Å². The van der Waals surface area contributed by atoms with Crippen molar-refractivity contribution in [1.29, 1.82) is 0 Å². The van der Waals surface area contributed by atoms with Crippen LogP contribution in [0.2, 0.25) is 10.0 Å². The molecule has 2 aromatic carbocycles. The summed E-state index contributed by atoms with van der Waals surface area (Å²) >= 11 is 12.3. The first kappa shape index (κ1) is 19.4. The van der Waals surface area contributed by atoms with Gasteiger partial charge in [-0.1, -0.05) is 47.5 Å². The summed E-state index contributed by atoms with van der Waals surface area (Å²) in [6, 6.07) is 14.7.